The molecule has 0 radical (unpaired) electrons. The van der Waals surface area contributed by atoms with Crippen molar-refractivity contribution in [3.8, 4) is 0 Å². The Balaban J connectivity index is 1.41. The minimum Gasteiger partial charge on any atom is -0.367 e. The number of hydrogen-bond acceptors (Lipinski definition) is 3. The number of likely N-dealkylation sites (tertiary alicyclic amines) is 1. The van der Waals surface area contributed by atoms with Gasteiger partial charge in [-0.05, 0) is 37.0 Å². The van der Waals surface area contributed by atoms with Crippen molar-refractivity contribution >= 4 is 11.7 Å². The van der Waals surface area contributed by atoms with E-state index in [-0.39, 0.29) is 5.91 Å². The predicted octanol–water partition coefficient (Wildman–Crippen LogP) is 3.29. The zero-order valence-corrected chi connectivity index (χ0v) is 13.1. The Hall–Kier alpha value is -2.36. The summed E-state index contributed by atoms with van der Waals surface area (Å²) in [6, 6.07) is 14.8. The number of pyridine rings is 1. The molecule has 2 fully saturated rings. The molecule has 1 aliphatic carbocycles. The Labute approximate surface area is 136 Å². The number of rotatable bonds is 4. The Morgan fingerprint density at radius 2 is 1.91 bits per heavy atom. The molecule has 1 saturated carbocycles. The normalized spacial score (nSPS) is 20.5. The first kappa shape index (κ1) is 14.2. The number of nitrogens with zero attached hydrogens (tertiary/aromatic N) is 2. The van der Waals surface area contributed by atoms with Gasteiger partial charge in [-0.15, -0.1) is 0 Å². The molecule has 1 aromatic carbocycles. The lowest BCUT2D eigenvalue weighted by atomic mass is 9.99. The van der Waals surface area contributed by atoms with Crippen molar-refractivity contribution in [3.05, 3.63) is 59.8 Å². The van der Waals surface area contributed by atoms with Crippen molar-refractivity contribution in [2.75, 3.05) is 18.4 Å². The van der Waals surface area contributed by atoms with E-state index in [0.29, 0.717) is 17.5 Å². The van der Waals surface area contributed by atoms with Gasteiger partial charge in [-0.3, -0.25) is 4.79 Å². The van der Waals surface area contributed by atoms with Crippen LogP contribution in [0.5, 0.6) is 0 Å². The highest BCUT2D eigenvalue weighted by atomic mass is 16.2. The number of anilines is 1. The first-order chi connectivity index (χ1) is 11.3. The smallest absolute Gasteiger partial charge is 0.255 e. The van der Waals surface area contributed by atoms with Crippen LogP contribution in [-0.2, 0) is 0 Å². The average Bonchev–Trinajstić information content (AvgIpc) is 3.27. The molecule has 2 heterocycles. The predicted molar refractivity (Wildman–Crippen MR) is 90.6 cm³/mol. The van der Waals surface area contributed by atoms with E-state index in [1.165, 1.54) is 18.4 Å². The summed E-state index contributed by atoms with van der Waals surface area (Å²) in [6.07, 6.45) is 5.17. The third-order valence-corrected chi connectivity index (χ3v) is 4.69. The van der Waals surface area contributed by atoms with Crippen LogP contribution in [-0.4, -0.2) is 34.9 Å². The van der Waals surface area contributed by atoms with Crippen LogP contribution in [0.2, 0.25) is 0 Å². The van der Waals surface area contributed by atoms with E-state index in [2.05, 4.69) is 34.6 Å². The maximum absolute atomic E-state index is 12.6. The quantitative estimate of drug-likeness (QED) is 0.943. The molecule has 1 atom stereocenters. The summed E-state index contributed by atoms with van der Waals surface area (Å²) >= 11 is 0. The Kier molecular flexibility index (Phi) is 3.74. The molecule has 1 N–H and O–H groups in total. The van der Waals surface area contributed by atoms with Crippen LogP contribution in [0.1, 0.15) is 41.1 Å². The molecule has 1 aliphatic heterocycles. The number of amides is 1. The number of hydrogen-bond donors (Lipinski definition) is 1. The van der Waals surface area contributed by atoms with E-state index < -0.39 is 0 Å². The number of aromatic nitrogens is 1. The molecule has 4 nitrogen and oxygen atoms in total. The van der Waals surface area contributed by atoms with Crippen LogP contribution in [0.25, 0.3) is 0 Å². The Morgan fingerprint density at radius 1 is 1.09 bits per heavy atom. The van der Waals surface area contributed by atoms with Gasteiger partial charge in [0, 0.05) is 31.2 Å². The fraction of sp³-hybridized carbons (Fsp3) is 0.368. The van der Waals surface area contributed by atoms with Crippen molar-refractivity contribution in [1.29, 1.82) is 0 Å². The maximum Gasteiger partial charge on any atom is 0.255 e. The third kappa shape index (κ3) is 3.21. The van der Waals surface area contributed by atoms with Gasteiger partial charge in [-0.1, -0.05) is 30.3 Å². The standard InChI is InChI=1S/C19H21N3O/c23-19(15-6-9-18(20-12-15)21-17-7-8-17)22-11-10-16(13-22)14-4-2-1-3-5-14/h1-6,9,12,16-17H,7-8,10-11,13H2,(H,20,21). The average molecular weight is 307 g/mol. The summed E-state index contributed by atoms with van der Waals surface area (Å²) in [4.78, 5) is 19.0. The summed E-state index contributed by atoms with van der Waals surface area (Å²) in [5, 5.41) is 3.34. The second-order valence-corrected chi connectivity index (χ2v) is 6.50. The molecule has 0 bridgehead atoms. The molecule has 1 aromatic heterocycles. The maximum atomic E-state index is 12.6. The SMILES string of the molecule is O=C(c1ccc(NC2CC2)nc1)N1CCC(c2ccccc2)C1. The van der Waals surface area contributed by atoms with Crippen molar-refractivity contribution in [1.82, 2.24) is 9.88 Å². The van der Waals surface area contributed by atoms with Crippen LogP contribution in [0, 0.1) is 0 Å². The topological polar surface area (TPSA) is 45.2 Å². The molecule has 2 aromatic rings. The molecular weight excluding hydrogens is 286 g/mol. The number of carbonyl (C=O) groups excluding carboxylic acids is 1. The van der Waals surface area contributed by atoms with Crippen molar-refractivity contribution in [3.63, 3.8) is 0 Å². The van der Waals surface area contributed by atoms with Gasteiger partial charge in [-0.2, -0.15) is 0 Å². The van der Waals surface area contributed by atoms with Crippen LogP contribution >= 0.6 is 0 Å². The lowest BCUT2D eigenvalue weighted by Gasteiger charge is -2.17. The molecule has 2 aliphatic rings. The molecule has 4 heteroatoms. The Morgan fingerprint density at radius 3 is 2.61 bits per heavy atom. The van der Waals surface area contributed by atoms with Gasteiger partial charge in [0.25, 0.3) is 5.91 Å². The highest BCUT2D eigenvalue weighted by Crippen LogP contribution is 2.28. The highest BCUT2D eigenvalue weighted by molar-refractivity contribution is 5.94. The van der Waals surface area contributed by atoms with Gasteiger partial charge in [0.05, 0.1) is 5.56 Å². The van der Waals surface area contributed by atoms with E-state index >= 15 is 0 Å². The molecule has 0 spiro atoms. The summed E-state index contributed by atoms with van der Waals surface area (Å²) in [6.45, 7) is 1.62. The van der Waals surface area contributed by atoms with Gasteiger partial charge in [0.15, 0.2) is 0 Å². The van der Waals surface area contributed by atoms with Gasteiger partial charge in [0.2, 0.25) is 0 Å². The Bertz CT molecular complexity index is 680. The van der Waals surface area contributed by atoms with E-state index in [9.17, 15) is 4.79 Å². The van der Waals surface area contributed by atoms with E-state index in [0.717, 1.165) is 25.3 Å². The van der Waals surface area contributed by atoms with Crippen LogP contribution in [0.15, 0.2) is 48.7 Å². The molecule has 118 valence electrons. The largest absolute Gasteiger partial charge is 0.367 e. The molecule has 4 rings (SSSR count). The van der Waals surface area contributed by atoms with E-state index in [1.807, 2.05) is 23.1 Å². The van der Waals surface area contributed by atoms with Crippen molar-refractivity contribution in [2.24, 2.45) is 0 Å². The van der Waals surface area contributed by atoms with Crippen molar-refractivity contribution in [2.45, 2.75) is 31.2 Å². The molecular formula is C19H21N3O. The van der Waals surface area contributed by atoms with Gasteiger partial charge >= 0.3 is 0 Å². The van der Waals surface area contributed by atoms with E-state index in [1.54, 1.807) is 6.20 Å². The van der Waals surface area contributed by atoms with Crippen LogP contribution in [0.3, 0.4) is 0 Å². The second-order valence-electron chi connectivity index (χ2n) is 6.50. The number of benzene rings is 1. The third-order valence-electron chi connectivity index (χ3n) is 4.69. The summed E-state index contributed by atoms with van der Waals surface area (Å²) in [5.41, 5.74) is 2.00. The molecule has 1 saturated heterocycles. The molecule has 23 heavy (non-hydrogen) atoms. The number of carbonyl (C=O) groups is 1. The van der Waals surface area contributed by atoms with Gasteiger partial charge in [0.1, 0.15) is 5.82 Å². The summed E-state index contributed by atoms with van der Waals surface area (Å²) < 4.78 is 0. The summed E-state index contributed by atoms with van der Waals surface area (Å²) in [5.74, 6) is 1.41. The minimum atomic E-state index is 0.0916. The fourth-order valence-electron chi connectivity index (χ4n) is 3.17. The number of nitrogens with one attached hydrogen (secondary N) is 1. The lowest BCUT2D eigenvalue weighted by Crippen LogP contribution is -2.28. The highest BCUT2D eigenvalue weighted by Gasteiger charge is 2.28. The second kappa shape index (κ2) is 6.03. The fourth-order valence-corrected chi connectivity index (χ4v) is 3.17. The minimum absolute atomic E-state index is 0.0916. The zero-order valence-electron chi connectivity index (χ0n) is 13.1. The van der Waals surface area contributed by atoms with Crippen LogP contribution in [0.4, 0.5) is 5.82 Å². The van der Waals surface area contributed by atoms with E-state index in [4.69, 9.17) is 0 Å². The monoisotopic (exact) mass is 307 g/mol. The molecule has 1 amide bonds. The lowest BCUT2D eigenvalue weighted by molar-refractivity contribution is 0.0790. The first-order valence-corrected chi connectivity index (χ1v) is 8.36. The van der Waals surface area contributed by atoms with Gasteiger partial charge in [-0.25, -0.2) is 4.98 Å². The van der Waals surface area contributed by atoms with Crippen LogP contribution < -0.4 is 5.32 Å². The van der Waals surface area contributed by atoms with Crippen molar-refractivity contribution < 1.29 is 4.79 Å². The first-order valence-electron chi connectivity index (χ1n) is 8.36. The summed E-state index contributed by atoms with van der Waals surface area (Å²) in [7, 11) is 0. The molecule has 1 unspecified atom stereocenters. The van der Waals surface area contributed by atoms with Gasteiger partial charge < -0.3 is 10.2 Å². The zero-order chi connectivity index (χ0) is 15.6.